The average molecular weight is 331 g/mol. The van der Waals surface area contributed by atoms with Gasteiger partial charge in [-0.15, -0.1) is 0 Å². The van der Waals surface area contributed by atoms with Crippen LogP contribution in [0.15, 0.2) is 24.3 Å². The Morgan fingerprint density at radius 1 is 1.29 bits per heavy atom. The van der Waals surface area contributed by atoms with Crippen LogP contribution in [-0.4, -0.2) is 36.3 Å². The number of hydrogen-bond donors (Lipinski definition) is 5. The van der Waals surface area contributed by atoms with Crippen molar-refractivity contribution in [3.8, 4) is 0 Å². The third-order valence-corrected chi connectivity index (χ3v) is 4.16. The molecule has 1 fully saturated rings. The summed E-state index contributed by atoms with van der Waals surface area (Å²) < 4.78 is 0. The van der Waals surface area contributed by atoms with Gasteiger partial charge in [0.25, 0.3) is 0 Å². The van der Waals surface area contributed by atoms with Crippen LogP contribution in [0.1, 0.15) is 37.3 Å². The van der Waals surface area contributed by atoms with Gasteiger partial charge in [-0.1, -0.05) is 30.7 Å². The molecule has 1 aliphatic carbocycles. The summed E-state index contributed by atoms with van der Waals surface area (Å²) in [6.45, 7) is 2.27. The monoisotopic (exact) mass is 331 g/mol. The fraction of sp³-hybridized carbons (Fsp3) is 0.471. The van der Waals surface area contributed by atoms with Gasteiger partial charge in [-0.3, -0.25) is 15.0 Å². The quantitative estimate of drug-likeness (QED) is 0.346. The number of rotatable bonds is 8. The molecule has 7 nitrogen and oxygen atoms in total. The van der Waals surface area contributed by atoms with Gasteiger partial charge in [0.1, 0.15) is 11.9 Å². The SMILES string of the molecule is CC(NC(=O)CNC1CCC1)C(=O)NCc1ccc(C(=N)N)cc1. The van der Waals surface area contributed by atoms with Crippen LogP contribution < -0.4 is 21.7 Å². The number of nitrogens with one attached hydrogen (secondary N) is 4. The van der Waals surface area contributed by atoms with Gasteiger partial charge in [-0.25, -0.2) is 0 Å². The molecule has 0 aliphatic heterocycles. The Morgan fingerprint density at radius 3 is 2.50 bits per heavy atom. The van der Waals surface area contributed by atoms with Crippen LogP contribution in [-0.2, 0) is 16.1 Å². The molecule has 2 amide bonds. The summed E-state index contributed by atoms with van der Waals surface area (Å²) in [6.07, 6.45) is 3.45. The summed E-state index contributed by atoms with van der Waals surface area (Å²) in [4.78, 5) is 23.8. The summed E-state index contributed by atoms with van der Waals surface area (Å²) in [5.74, 6) is -0.393. The summed E-state index contributed by atoms with van der Waals surface area (Å²) in [6, 6.07) is 6.95. The van der Waals surface area contributed by atoms with E-state index in [0.29, 0.717) is 18.2 Å². The van der Waals surface area contributed by atoms with Crippen molar-refractivity contribution >= 4 is 17.6 Å². The second kappa shape index (κ2) is 8.44. The molecule has 1 atom stereocenters. The predicted molar refractivity (Wildman–Crippen MR) is 92.6 cm³/mol. The van der Waals surface area contributed by atoms with Crippen molar-refractivity contribution in [3.05, 3.63) is 35.4 Å². The molecule has 1 aromatic rings. The zero-order valence-electron chi connectivity index (χ0n) is 13.9. The minimum atomic E-state index is -0.586. The van der Waals surface area contributed by atoms with Crippen molar-refractivity contribution in [1.82, 2.24) is 16.0 Å². The first-order chi connectivity index (χ1) is 11.5. The molecule has 7 heteroatoms. The summed E-state index contributed by atoms with van der Waals surface area (Å²) in [7, 11) is 0. The molecule has 130 valence electrons. The number of nitrogens with two attached hydrogens (primary N) is 1. The van der Waals surface area contributed by atoms with E-state index in [0.717, 1.165) is 18.4 Å². The molecule has 0 spiro atoms. The van der Waals surface area contributed by atoms with Crippen molar-refractivity contribution in [2.75, 3.05) is 6.54 Å². The lowest BCUT2D eigenvalue weighted by molar-refractivity contribution is -0.128. The molecular formula is C17H25N5O2. The predicted octanol–water partition coefficient (Wildman–Crippen LogP) is 0.234. The molecule has 2 rings (SSSR count). The van der Waals surface area contributed by atoms with Crippen molar-refractivity contribution in [2.45, 2.75) is 44.8 Å². The molecule has 1 aromatic carbocycles. The second-order valence-electron chi connectivity index (χ2n) is 6.13. The van der Waals surface area contributed by atoms with E-state index in [1.807, 2.05) is 12.1 Å². The molecule has 0 radical (unpaired) electrons. The minimum Gasteiger partial charge on any atom is -0.384 e. The number of nitrogen functional groups attached to an aromatic ring is 1. The first-order valence-corrected chi connectivity index (χ1v) is 8.19. The standard InChI is InChI=1S/C17H25N5O2/c1-11(22-15(23)10-20-14-3-2-4-14)17(24)21-9-12-5-7-13(8-6-12)16(18)19/h5-8,11,14,20H,2-4,9-10H2,1H3,(H3,18,19)(H,21,24)(H,22,23). The Bertz CT molecular complexity index is 596. The highest BCUT2D eigenvalue weighted by Crippen LogP contribution is 2.17. The van der Waals surface area contributed by atoms with Crippen molar-refractivity contribution in [1.29, 1.82) is 5.41 Å². The van der Waals surface area contributed by atoms with Gasteiger partial charge in [-0.2, -0.15) is 0 Å². The van der Waals surface area contributed by atoms with Crippen LogP contribution in [0.25, 0.3) is 0 Å². The molecule has 1 aliphatic rings. The molecule has 24 heavy (non-hydrogen) atoms. The molecule has 0 saturated heterocycles. The van der Waals surface area contributed by atoms with Gasteiger partial charge in [-0.05, 0) is 25.3 Å². The maximum atomic E-state index is 12.0. The van der Waals surface area contributed by atoms with E-state index in [-0.39, 0.29) is 24.2 Å². The fourth-order valence-electron chi connectivity index (χ4n) is 2.35. The molecule has 0 aromatic heterocycles. The maximum Gasteiger partial charge on any atom is 0.242 e. The van der Waals surface area contributed by atoms with E-state index in [1.165, 1.54) is 6.42 Å². The van der Waals surface area contributed by atoms with E-state index in [4.69, 9.17) is 11.1 Å². The minimum absolute atomic E-state index is 0.0115. The lowest BCUT2D eigenvalue weighted by Gasteiger charge is -2.26. The number of amidine groups is 1. The zero-order valence-corrected chi connectivity index (χ0v) is 13.9. The van der Waals surface area contributed by atoms with E-state index in [1.54, 1.807) is 19.1 Å². The highest BCUT2D eigenvalue weighted by molar-refractivity contribution is 5.94. The Labute approximate surface area is 141 Å². The van der Waals surface area contributed by atoms with E-state index < -0.39 is 6.04 Å². The first kappa shape index (κ1) is 17.9. The number of benzene rings is 1. The molecule has 1 saturated carbocycles. The summed E-state index contributed by atoms with van der Waals surface area (Å²) in [5.41, 5.74) is 6.94. The Hall–Kier alpha value is -2.41. The van der Waals surface area contributed by atoms with Crippen LogP contribution in [0, 0.1) is 5.41 Å². The van der Waals surface area contributed by atoms with Gasteiger partial charge < -0.3 is 21.7 Å². The average Bonchev–Trinajstić information content (AvgIpc) is 2.51. The molecule has 0 bridgehead atoms. The van der Waals surface area contributed by atoms with E-state index >= 15 is 0 Å². The van der Waals surface area contributed by atoms with Gasteiger partial charge in [0.2, 0.25) is 11.8 Å². The van der Waals surface area contributed by atoms with E-state index in [9.17, 15) is 9.59 Å². The Balaban J connectivity index is 1.70. The van der Waals surface area contributed by atoms with Crippen LogP contribution in [0.2, 0.25) is 0 Å². The van der Waals surface area contributed by atoms with Gasteiger partial charge in [0.15, 0.2) is 0 Å². The molecule has 1 unspecified atom stereocenters. The molecule has 6 N–H and O–H groups in total. The summed E-state index contributed by atoms with van der Waals surface area (Å²) >= 11 is 0. The normalized spacial score (nSPS) is 15.2. The van der Waals surface area contributed by atoms with Crippen LogP contribution in [0.4, 0.5) is 0 Å². The van der Waals surface area contributed by atoms with Crippen molar-refractivity contribution < 1.29 is 9.59 Å². The highest BCUT2D eigenvalue weighted by Gasteiger charge is 2.19. The van der Waals surface area contributed by atoms with Gasteiger partial charge in [0.05, 0.1) is 6.54 Å². The molecular weight excluding hydrogens is 306 g/mol. The van der Waals surface area contributed by atoms with Crippen LogP contribution in [0.3, 0.4) is 0 Å². The lowest BCUT2D eigenvalue weighted by Crippen LogP contribution is -2.49. The molecule has 0 heterocycles. The largest absolute Gasteiger partial charge is 0.384 e. The first-order valence-electron chi connectivity index (χ1n) is 8.19. The number of carbonyl (C=O) groups excluding carboxylic acids is 2. The van der Waals surface area contributed by atoms with Crippen LogP contribution >= 0.6 is 0 Å². The number of carbonyl (C=O) groups is 2. The van der Waals surface area contributed by atoms with Crippen LogP contribution in [0.5, 0.6) is 0 Å². The Morgan fingerprint density at radius 2 is 1.96 bits per heavy atom. The second-order valence-corrected chi connectivity index (χ2v) is 6.13. The topological polar surface area (TPSA) is 120 Å². The van der Waals surface area contributed by atoms with Crippen molar-refractivity contribution in [3.63, 3.8) is 0 Å². The van der Waals surface area contributed by atoms with Crippen molar-refractivity contribution in [2.24, 2.45) is 5.73 Å². The van der Waals surface area contributed by atoms with E-state index in [2.05, 4.69) is 16.0 Å². The number of hydrogen-bond acceptors (Lipinski definition) is 4. The Kier molecular flexibility index (Phi) is 6.31. The highest BCUT2D eigenvalue weighted by atomic mass is 16.2. The third kappa shape index (κ3) is 5.34. The lowest BCUT2D eigenvalue weighted by atomic mass is 9.93. The summed E-state index contributed by atoms with van der Waals surface area (Å²) in [5, 5.41) is 16.0. The number of amides is 2. The van der Waals surface area contributed by atoms with Gasteiger partial charge in [0, 0.05) is 18.2 Å². The fourth-order valence-corrected chi connectivity index (χ4v) is 2.35. The maximum absolute atomic E-state index is 12.0. The smallest absolute Gasteiger partial charge is 0.242 e. The van der Waals surface area contributed by atoms with Gasteiger partial charge >= 0.3 is 0 Å². The zero-order chi connectivity index (χ0) is 17.5. The third-order valence-electron chi connectivity index (χ3n) is 4.16.